The van der Waals surface area contributed by atoms with Crippen LogP contribution in [0.1, 0.15) is 17.2 Å². The summed E-state index contributed by atoms with van der Waals surface area (Å²) < 4.78 is 48.8. The lowest BCUT2D eigenvalue weighted by atomic mass is 9.91. The second kappa shape index (κ2) is 5.86. The van der Waals surface area contributed by atoms with Crippen molar-refractivity contribution >= 4 is 11.6 Å². The van der Waals surface area contributed by atoms with Crippen molar-refractivity contribution < 1.29 is 17.9 Å². The molecule has 4 nitrogen and oxygen atoms in total. The average Bonchev–Trinajstić information content (AvgIpc) is 3.06. The normalized spacial score (nSPS) is 22.2. The van der Waals surface area contributed by atoms with E-state index in [4.69, 9.17) is 16.3 Å². The van der Waals surface area contributed by atoms with Gasteiger partial charge in [0.05, 0.1) is 6.54 Å². The minimum atomic E-state index is -1.54. The van der Waals surface area contributed by atoms with Gasteiger partial charge >= 0.3 is 0 Å². The van der Waals surface area contributed by atoms with Crippen molar-refractivity contribution in [1.29, 1.82) is 0 Å². The van der Waals surface area contributed by atoms with Gasteiger partial charge in [0.1, 0.15) is 24.4 Å². The summed E-state index contributed by atoms with van der Waals surface area (Å²) in [6, 6.07) is 9.01. The van der Waals surface area contributed by atoms with E-state index in [0.29, 0.717) is 10.6 Å². The third-order valence-corrected chi connectivity index (χ3v) is 4.58. The van der Waals surface area contributed by atoms with Gasteiger partial charge in [-0.05, 0) is 18.2 Å². The molecule has 0 saturated carbocycles. The Morgan fingerprint density at radius 3 is 2.64 bits per heavy atom. The molecule has 8 heteroatoms. The molecule has 0 aliphatic carbocycles. The third-order valence-electron chi connectivity index (χ3n) is 4.24. The van der Waals surface area contributed by atoms with Crippen LogP contribution in [0.5, 0.6) is 0 Å². The highest BCUT2D eigenvalue weighted by molar-refractivity contribution is 6.31. The van der Waals surface area contributed by atoms with Gasteiger partial charge in [-0.15, -0.1) is 0 Å². The van der Waals surface area contributed by atoms with E-state index in [9.17, 15) is 13.2 Å². The molecule has 128 valence electrons. The zero-order chi connectivity index (χ0) is 17.6. The highest BCUT2D eigenvalue weighted by atomic mass is 35.5. The monoisotopic (exact) mass is 365 g/mol. The predicted molar refractivity (Wildman–Crippen MR) is 83.3 cm³/mol. The summed E-state index contributed by atoms with van der Waals surface area (Å²) >= 11 is 6.21. The zero-order valence-electron chi connectivity index (χ0n) is 12.7. The van der Waals surface area contributed by atoms with E-state index in [0.717, 1.165) is 6.07 Å². The second-order valence-electron chi connectivity index (χ2n) is 5.72. The first kappa shape index (κ1) is 16.1. The highest BCUT2D eigenvalue weighted by Crippen LogP contribution is 2.59. The molecule has 0 radical (unpaired) electrons. The van der Waals surface area contributed by atoms with Crippen LogP contribution in [0.25, 0.3) is 0 Å². The van der Waals surface area contributed by atoms with Gasteiger partial charge in [-0.3, -0.25) is 0 Å². The molecule has 0 bridgehead atoms. The van der Waals surface area contributed by atoms with Crippen LogP contribution in [0.15, 0.2) is 49.1 Å². The minimum Gasteiger partial charge on any atom is -0.354 e. The van der Waals surface area contributed by atoms with Gasteiger partial charge in [-0.25, -0.2) is 22.8 Å². The fraction of sp³-hybridized carbons (Fsp3) is 0.176. The molecule has 4 rings (SSSR count). The van der Waals surface area contributed by atoms with E-state index >= 15 is 0 Å². The SMILES string of the molecule is Fc1ccc(C2(Cn3cncn3)OC2c2ccccc2Cl)c(F)c1F. The molecule has 25 heavy (non-hydrogen) atoms. The Morgan fingerprint density at radius 1 is 1.12 bits per heavy atom. The Bertz CT molecular complexity index is 935. The molecule has 0 amide bonds. The van der Waals surface area contributed by atoms with Crippen LogP contribution in [0.4, 0.5) is 13.2 Å². The maximum atomic E-state index is 14.4. The molecule has 3 aromatic rings. The van der Waals surface area contributed by atoms with Gasteiger partial charge in [0.2, 0.25) is 0 Å². The molecular weight excluding hydrogens is 355 g/mol. The zero-order valence-corrected chi connectivity index (χ0v) is 13.4. The molecule has 0 spiro atoms. The molecule has 2 heterocycles. The van der Waals surface area contributed by atoms with Crippen molar-refractivity contribution in [2.24, 2.45) is 0 Å². The number of ether oxygens (including phenoxy) is 1. The fourth-order valence-corrected chi connectivity index (χ4v) is 3.23. The first-order valence-electron chi connectivity index (χ1n) is 7.41. The maximum absolute atomic E-state index is 14.4. The van der Waals surface area contributed by atoms with Gasteiger partial charge in [0, 0.05) is 16.1 Å². The first-order chi connectivity index (χ1) is 12.0. The second-order valence-corrected chi connectivity index (χ2v) is 6.13. The van der Waals surface area contributed by atoms with E-state index in [1.165, 1.54) is 23.4 Å². The van der Waals surface area contributed by atoms with Crippen LogP contribution in [0.3, 0.4) is 0 Å². The van der Waals surface area contributed by atoms with Crippen molar-refractivity contribution in [3.8, 4) is 0 Å². The number of aromatic nitrogens is 3. The summed E-state index contributed by atoms with van der Waals surface area (Å²) in [7, 11) is 0. The third kappa shape index (κ3) is 2.60. The number of halogens is 4. The summed E-state index contributed by atoms with van der Waals surface area (Å²) in [5.74, 6) is -4.08. The summed E-state index contributed by atoms with van der Waals surface area (Å²) in [5.41, 5.74) is -0.711. The number of benzene rings is 2. The Hall–Kier alpha value is -2.38. The summed E-state index contributed by atoms with van der Waals surface area (Å²) in [5, 5.41) is 4.43. The lowest BCUT2D eigenvalue weighted by molar-refractivity contribution is 0.253. The van der Waals surface area contributed by atoms with Crippen LogP contribution >= 0.6 is 11.6 Å². The molecule has 1 saturated heterocycles. The number of epoxide rings is 1. The highest BCUT2D eigenvalue weighted by Gasteiger charge is 2.61. The molecule has 1 aliphatic heterocycles. The minimum absolute atomic E-state index is 0.0743. The van der Waals surface area contributed by atoms with E-state index in [1.54, 1.807) is 24.3 Å². The summed E-state index contributed by atoms with van der Waals surface area (Å²) in [6.07, 6.45) is 2.14. The van der Waals surface area contributed by atoms with Gasteiger partial charge in [0.15, 0.2) is 17.5 Å². The lowest BCUT2D eigenvalue weighted by Crippen LogP contribution is -2.22. The van der Waals surface area contributed by atoms with Crippen LogP contribution in [0, 0.1) is 17.5 Å². The number of hydrogen-bond acceptors (Lipinski definition) is 3. The van der Waals surface area contributed by atoms with E-state index in [1.807, 2.05) is 0 Å². The lowest BCUT2D eigenvalue weighted by Gasteiger charge is -2.15. The molecule has 0 N–H and O–H groups in total. The molecule has 1 aliphatic rings. The quantitative estimate of drug-likeness (QED) is 0.518. The van der Waals surface area contributed by atoms with E-state index in [2.05, 4.69) is 10.1 Å². The molecule has 1 fully saturated rings. The topological polar surface area (TPSA) is 43.2 Å². The van der Waals surface area contributed by atoms with Gasteiger partial charge in [-0.1, -0.05) is 29.8 Å². The van der Waals surface area contributed by atoms with Crippen molar-refractivity contribution in [2.75, 3.05) is 0 Å². The largest absolute Gasteiger partial charge is 0.354 e. The van der Waals surface area contributed by atoms with Crippen molar-refractivity contribution in [1.82, 2.24) is 14.8 Å². The van der Waals surface area contributed by atoms with Crippen molar-refractivity contribution in [3.63, 3.8) is 0 Å². The number of rotatable bonds is 4. The Balaban J connectivity index is 1.82. The van der Waals surface area contributed by atoms with Crippen LogP contribution < -0.4 is 0 Å². The summed E-state index contributed by atoms with van der Waals surface area (Å²) in [4.78, 5) is 3.84. The molecule has 2 atom stereocenters. The Kier molecular flexibility index (Phi) is 3.77. The number of hydrogen-bond donors (Lipinski definition) is 0. The summed E-state index contributed by atoms with van der Waals surface area (Å²) in [6.45, 7) is 0.0743. The Morgan fingerprint density at radius 2 is 1.92 bits per heavy atom. The van der Waals surface area contributed by atoms with Crippen LogP contribution in [0.2, 0.25) is 5.02 Å². The average molecular weight is 366 g/mol. The molecular formula is C17H11ClF3N3O. The van der Waals surface area contributed by atoms with Gasteiger partial charge in [-0.2, -0.15) is 5.10 Å². The van der Waals surface area contributed by atoms with E-state index in [-0.39, 0.29) is 12.1 Å². The number of nitrogens with zero attached hydrogens (tertiary/aromatic N) is 3. The van der Waals surface area contributed by atoms with E-state index < -0.39 is 29.2 Å². The predicted octanol–water partition coefficient (Wildman–Crippen LogP) is 4.02. The molecule has 2 aromatic carbocycles. The molecule has 2 unspecified atom stereocenters. The fourth-order valence-electron chi connectivity index (χ4n) is 3.00. The van der Waals surface area contributed by atoms with Crippen molar-refractivity contribution in [2.45, 2.75) is 18.2 Å². The van der Waals surface area contributed by atoms with Crippen LogP contribution in [-0.2, 0) is 16.9 Å². The smallest absolute Gasteiger partial charge is 0.194 e. The van der Waals surface area contributed by atoms with Crippen LogP contribution in [-0.4, -0.2) is 14.8 Å². The standard InChI is InChI=1S/C17H11ClF3N3O/c18-12-4-2-1-3-10(12)16-17(25-16,7-24-9-22-8-23-24)11-5-6-13(19)15(21)14(11)20/h1-6,8-9,16H,7H2. The molecule has 1 aromatic heterocycles. The van der Waals surface area contributed by atoms with Gasteiger partial charge < -0.3 is 4.74 Å². The van der Waals surface area contributed by atoms with Gasteiger partial charge in [0.25, 0.3) is 0 Å². The maximum Gasteiger partial charge on any atom is 0.194 e. The Labute approximate surface area is 145 Å². The van der Waals surface area contributed by atoms with Crippen molar-refractivity contribution in [3.05, 3.63) is 82.7 Å². The first-order valence-corrected chi connectivity index (χ1v) is 7.79.